The van der Waals surface area contributed by atoms with Crippen molar-refractivity contribution >= 4 is 45.1 Å². The molecule has 0 saturated heterocycles. The van der Waals surface area contributed by atoms with Crippen LogP contribution in [-0.2, 0) is 12.5 Å². The maximum atomic E-state index is 12.7. The van der Waals surface area contributed by atoms with Crippen molar-refractivity contribution in [3.05, 3.63) is 94.5 Å². The number of hydrazone groups is 1. The molecule has 0 aliphatic rings. The quantitative estimate of drug-likeness (QED) is 0.216. The first-order valence-electron chi connectivity index (χ1n) is 9.07. The molecule has 3 rings (SSSR count). The van der Waals surface area contributed by atoms with Crippen LogP contribution >= 0.6 is 0 Å². The van der Waals surface area contributed by atoms with Gasteiger partial charge < -0.3 is 0 Å². The summed E-state index contributed by atoms with van der Waals surface area (Å²) in [5, 5.41) is 17.3. The molecule has 31 heavy (non-hydrogen) atoms. The van der Waals surface area contributed by atoms with Crippen molar-refractivity contribution in [2.75, 3.05) is 11.9 Å². The van der Waals surface area contributed by atoms with Crippen LogP contribution in [-0.4, -0.2) is 36.3 Å². The monoisotopic (exact) mass is 486 g/mol. The van der Waals surface area contributed by atoms with Crippen molar-refractivity contribution < 1.29 is 17.4 Å². The molecular weight excluding hydrogens is 467 g/mol. The van der Waals surface area contributed by atoms with Gasteiger partial charge in [0.25, 0.3) is 0 Å². The molecular formula is C21H18N4O5Se. The zero-order valence-electron chi connectivity index (χ0n) is 16.1. The molecule has 3 aromatic rings. The van der Waals surface area contributed by atoms with E-state index in [0.29, 0.717) is 5.69 Å². The first kappa shape index (κ1) is 21.8. The molecule has 0 spiro atoms. The summed E-state index contributed by atoms with van der Waals surface area (Å²) in [5.74, 6) is -0.345. The van der Waals surface area contributed by atoms with E-state index < -0.39 is 17.6 Å². The van der Waals surface area contributed by atoms with Gasteiger partial charge in [0.15, 0.2) is 0 Å². The molecule has 3 aromatic carbocycles. The number of hydrogen-bond acceptors (Lipinski definition) is 7. The Balaban J connectivity index is 1.58. The third kappa shape index (κ3) is 5.81. The average Bonchev–Trinajstić information content (AvgIpc) is 2.78. The number of anilines is 1. The predicted molar refractivity (Wildman–Crippen MR) is 117 cm³/mol. The molecule has 9 nitrogen and oxygen atoms in total. The van der Waals surface area contributed by atoms with Gasteiger partial charge in [-0.1, -0.05) is 18.2 Å². The molecule has 0 bridgehead atoms. The average molecular weight is 485 g/mol. The van der Waals surface area contributed by atoms with Crippen LogP contribution in [0, 0.1) is 10.1 Å². The number of amides is 1. The normalized spacial score (nSPS) is 11.2. The summed E-state index contributed by atoms with van der Waals surface area (Å²) < 4.78 is 25.5. The van der Waals surface area contributed by atoms with Crippen LogP contribution in [0.15, 0.2) is 84.0 Å². The molecule has 10 heteroatoms. The second-order valence-corrected chi connectivity index (χ2v) is 10.4. The predicted octanol–water partition coefficient (Wildman–Crippen LogP) is 1.57. The Labute approximate surface area is 179 Å². The van der Waals surface area contributed by atoms with Crippen LogP contribution in [0.4, 0.5) is 11.4 Å². The van der Waals surface area contributed by atoms with Crippen LogP contribution in [0.25, 0.3) is 0 Å². The van der Waals surface area contributed by atoms with Crippen molar-refractivity contribution in [3.8, 4) is 0 Å². The Morgan fingerprint density at radius 2 is 1.52 bits per heavy atom. The van der Waals surface area contributed by atoms with Crippen LogP contribution in [0.3, 0.4) is 0 Å². The number of benzene rings is 3. The van der Waals surface area contributed by atoms with E-state index in [4.69, 9.17) is 0 Å². The summed E-state index contributed by atoms with van der Waals surface area (Å²) in [4.78, 5) is 22.1. The molecule has 0 aromatic heterocycles. The topological polar surface area (TPSA) is 131 Å². The summed E-state index contributed by atoms with van der Waals surface area (Å²) in [6.45, 7) is -0.0588. The van der Waals surface area contributed by atoms with Crippen LogP contribution in [0.5, 0.6) is 0 Å². The van der Waals surface area contributed by atoms with Crippen molar-refractivity contribution in [3.63, 3.8) is 0 Å². The second kappa shape index (κ2) is 9.75. The number of carbonyl (C=O) groups excluding carboxylic acids is 1. The zero-order valence-corrected chi connectivity index (χ0v) is 17.8. The third-order valence-corrected chi connectivity index (χ3v) is 7.90. The summed E-state index contributed by atoms with van der Waals surface area (Å²) >= 11 is -4.71. The Kier molecular flexibility index (Phi) is 6.86. The number of nitro benzene ring substituents is 1. The summed E-state index contributed by atoms with van der Waals surface area (Å²) in [5.41, 5.74) is 3.78. The van der Waals surface area contributed by atoms with E-state index in [2.05, 4.69) is 15.8 Å². The fourth-order valence-corrected chi connectivity index (χ4v) is 5.23. The van der Waals surface area contributed by atoms with Crippen molar-refractivity contribution in [1.29, 1.82) is 0 Å². The summed E-state index contributed by atoms with van der Waals surface area (Å²) in [6.07, 6.45) is 1.59. The van der Waals surface area contributed by atoms with Gasteiger partial charge in [-0.25, -0.2) is 0 Å². The number of non-ortho nitro benzene ring substituents is 1. The molecule has 158 valence electrons. The zero-order chi connectivity index (χ0) is 22.3. The molecule has 0 aliphatic carbocycles. The molecule has 0 aliphatic heterocycles. The third-order valence-electron chi connectivity index (χ3n) is 4.15. The van der Waals surface area contributed by atoms with E-state index in [9.17, 15) is 22.6 Å². The molecule has 0 atom stereocenters. The van der Waals surface area contributed by atoms with E-state index in [0.717, 1.165) is 17.7 Å². The number of carbonyl (C=O) groups is 1. The number of nitro groups is 1. The van der Waals surface area contributed by atoms with E-state index >= 15 is 0 Å². The van der Waals surface area contributed by atoms with Gasteiger partial charge in [-0.2, -0.15) is 0 Å². The Hall–Kier alpha value is -3.88. The van der Waals surface area contributed by atoms with Gasteiger partial charge in [-0.3, -0.25) is 0 Å². The Morgan fingerprint density at radius 1 is 0.935 bits per heavy atom. The minimum atomic E-state index is -4.71. The number of nitrogens with zero attached hydrogens (tertiary/aromatic N) is 2. The van der Waals surface area contributed by atoms with Crippen LogP contribution in [0.1, 0.15) is 5.56 Å². The molecule has 0 unspecified atom stereocenters. The van der Waals surface area contributed by atoms with Gasteiger partial charge in [-0.15, -0.1) is 0 Å². The van der Waals surface area contributed by atoms with Gasteiger partial charge in [0.05, 0.1) is 0 Å². The molecule has 1 amide bonds. The van der Waals surface area contributed by atoms with E-state index in [1.54, 1.807) is 6.21 Å². The summed E-state index contributed by atoms with van der Waals surface area (Å²) in [6, 6.07) is 19.9. The van der Waals surface area contributed by atoms with E-state index in [1.807, 2.05) is 30.3 Å². The fourth-order valence-electron chi connectivity index (χ4n) is 2.58. The first-order chi connectivity index (χ1) is 14.9. The number of nitrogens with one attached hydrogen (secondary N) is 2. The van der Waals surface area contributed by atoms with Gasteiger partial charge >= 0.3 is 161 Å². The van der Waals surface area contributed by atoms with Crippen LogP contribution in [0.2, 0.25) is 0 Å². The van der Waals surface area contributed by atoms with E-state index in [1.165, 1.54) is 36.4 Å². The van der Waals surface area contributed by atoms with Crippen molar-refractivity contribution in [2.45, 2.75) is 0 Å². The van der Waals surface area contributed by atoms with Gasteiger partial charge in [0.2, 0.25) is 0 Å². The standard InChI is InChI=1S/C21H18N4O5Se/c26-21(15-23-22-14-16-4-2-1-3-5-16)24-17-6-10-19(11-7-17)31(29,30)20-12-8-18(9-13-20)25(27)28/h1-14,23H,15H2,(H,24,26)/b22-14+. The molecule has 0 fully saturated rings. The number of hydrogen-bond donors (Lipinski definition) is 2. The van der Waals surface area contributed by atoms with Gasteiger partial charge in [0, 0.05) is 0 Å². The van der Waals surface area contributed by atoms with E-state index in [-0.39, 0.29) is 27.1 Å². The molecule has 2 N–H and O–H groups in total. The Bertz CT molecular complexity index is 1190. The molecule has 0 radical (unpaired) electrons. The Morgan fingerprint density at radius 3 is 2.10 bits per heavy atom. The SMILES string of the molecule is O=C(CN/N=C/c1ccccc1)Nc1ccc([Se](=O)(=O)c2ccc([N+](=O)[O-])cc2)cc1. The van der Waals surface area contributed by atoms with Crippen LogP contribution < -0.4 is 19.7 Å². The first-order valence-corrected chi connectivity index (χ1v) is 12.2. The van der Waals surface area contributed by atoms with Crippen molar-refractivity contribution in [1.82, 2.24) is 5.43 Å². The van der Waals surface area contributed by atoms with Crippen molar-refractivity contribution in [2.24, 2.45) is 5.10 Å². The maximum absolute atomic E-state index is 12.7. The second-order valence-electron chi connectivity index (χ2n) is 6.33. The van der Waals surface area contributed by atoms with Gasteiger partial charge in [0.1, 0.15) is 0 Å². The molecule has 0 saturated carbocycles. The minimum absolute atomic E-state index is 0.0131. The molecule has 0 heterocycles. The summed E-state index contributed by atoms with van der Waals surface area (Å²) in [7, 11) is 0. The van der Waals surface area contributed by atoms with Gasteiger partial charge in [-0.05, 0) is 0 Å². The number of rotatable bonds is 8. The fraction of sp³-hybridized carbons (Fsp3) is 0.0476.